The van der Waals surface area contributed by atoms with E-state index in [2.05, 4.69) is 69.0 Å². The Morgan fingerprint density at radius 3 is 1.80 bits per heavy atom. The summed E-state index contributed by atoms with van der Waals surface area (Å²) in [6.45, 7) is 8.13. The first-order valence-electron chi connectivity index (χ1n) is 12.1. The zero-order chi connectivity index (χ0) is 24.8. The van der Waals surface area contributed by atoms with Crippen molar-refractivity contribution in [1.82, 2.24) is 21.0 Å². The minimum atomic E-state index is -0.996. The molecule has 2 aliphatic heterocycles. The van der Waals surface area contributed by atoms with Crippen molar-refractivity contribution in [3.63, 3.8) is 0 Å². The Hall–Kier alpha value is -3.34. The SMILES string of the molecule is C[C@@H](N)[C@H](NC(=O)N1CCN(c2ccc(-c3ccc(N4CCNCC4)cc3)cc2)CC1)C(=O)NO. The predicted octanol–water partition coefficient (Wildman–Crippen LogP) is 0.816. The number of hydrogen-bond acceptors (Lipinski definition) is 7. The lowest BCUT2D eigenvalue weighted by Gasteiger charge is -2.37. The standard InChI is InChI=1S/C25H35N7O3/c1-18(26)23(24(33)29-35)28-25(34)32-16-14-31(15-17-32)22-8-4-20(5-9-22)19-2-6-21(7-3-19)30-12-10-27-11-13-30/h2-9,18,23,27,35H,10-17,26H2,1H3,(H,28,34)(H,29,33)/t18-,23+/m1/s1. The van der Waals surface area contributed by atoms with Gasteiger partial charge in [-0.05, 0) is 42.3 Å². The maximum Gasteiger partial charge on any atom is 0.318 e. The Labute approximate surface area is 206 Å². The molecule has 6 N–H and O–H groups in total. The number of amides is 3. The van der Waals surface area contributed by atoms with Gasteiger partial charge in [-0.25, -0.2) is 10.3 Å². The Morgan fingerprint density at radius 1 is 0.857 bits per heavy atom. The van der Waals surface area contributed by atoms with E-state index in [1.54, 1.807) is 17.3 Å². The number of rotatable bonds is 6. The number of carbonyl (C=O) groups excluding carboxylic acids is 2. The zero-order valence-electron chi connectivity index (χ0n) is 20.1. The molecule has 0 saturated carbocycles. The van der Waals surface area contributed by atoms with Crippen LogP contribution in [0.5, 0.6) is 0 Å². The maximum absolute atomic E-state index is 12.6. The van der Waals surface area contributed by atoms with Crippen molar-refractivity contribution in [3.05, 3.63) is 48.5 Å². The van der Waals surface area contributed by atoms with Gasteiger partial charge in [-0.3, -0.25) is 10.0 Å². The van der Waals surface area contributed by atoms with Gasteiger partial charge >= 0.3 is 6.03 Å². The van der Waals surface area contributed by atoms with Crippen LogP contribution in [0, 0.1) is 0 Å². The molecule has 2 aromatic rings. The summed E-state index contributed by atoms with van der Waals surface area (Å²) < 4.78 is 0. The van der Waals surface area contributed by atoms with Gasteiger partial charge in [0.05, 0.1) is 0 Å². The quantitative estimate of drug-likeness (QED) is 0.305. The predicted molar refractivity (Wildman–Crippen MR) is 137 cm³/mol. The third-order valence-electron chi connectivity index (χ3n) is 6.68. The highest BCUT2D eigenvalue weighted by Gasteiger charge is 2.28. The van der Waals surface area contributed by atoms with Crippen LogP contribution < -0.4 is 31.6 Å². The number of carbonyl (C=O) groups is 2. The molecule has 2 aliphatic rings. The summed E-state index contributed by atoms with van der Waals surface area (Å²) in [5, 5.41) is 14.9. The van der Waals surface area contributed by atoms with Crippen LogP contribution in [-0.4, -0.2) is 86.5 Å². The third kappa shape index (κ3) is 6.02. The molecular weight excluding hydrogens is 446 g/mol. The summed E-state index contributed by atoms with van der Waals surface area (Å²) in [5.41, 5.74) is 12.0. The van der Waals surface area contributed by atoms with Crippen LogP contribution in [0.25, 0.3) is 11.1 Å². The molecule has 10 nitrogen and oxygen atoms in total. The average molecular weight is 482 g/mol. The lowest BCUT2D eigenvalue weighted by molar-refractivity contribution is -0.131. The number of hydroxylamine groups is 1. The van der Waals surface area contributed by atoms with Crippen molar-refractivity contribution in [2.45, 2.75) is 19.0 Å². The van der Waals surface area contributed by atoms with Crippen molar-refractivity contribution in [2.24, 2.45) is 5.73 Å². The van der Waals surface area contributed by atoms with Crippen molar-refractivity contribution < 1.29 is 14.8 Å². The summed E-state index contributed by atoms with van der Waals surface area (Å²) in [5.74, 6) is -0.731. The summed E-state index contributed by atoms with van der Waals surface area (Å²) >= 11 is 0. The molecule has 0 aromatic heterocycles. The first kappa shape index (κ1) is 24.8. The summed E-state index contributed by atoms with van der Waals surface area (Å²) in [4.78, 5) is 30.6. The van der Waals surface area contributed by atoms with Gasteiger partial charge in [0, 0.05) is 69.8 Å². The number of nitrogens with two attached hydrogens (primary N) is 1. The molecule has 0 bridgehead atoms. The van der Waals surface area contributed by atoms with Crippen molar-refractivity contribution >= 4 is 23.3 Å². The van der Waals surface area contributed by atoms with Crippen LogP contribution in [0.1, 0.15) is 6.92 Å². The third-order valence-corrected chi connectivity index (χ3v) is 6.68. The Balaban J connectivity index is 1.31. The van der Waals surface area contributed by atoms with E-state index in [9.17, 15) is 9.59 Å². The second-order valence-electron chi connectivity index (χ2n) is 9.07. The molecule has 0 unspecified atom stereocenters. The molecular formula is C25H35N7O3. The molecule has 0 spiro atoms. The average Bonchev–Trinajstić information content (AvgIpc) is 2.92. The van der Waals surface area contributed by atoms with Gasteiger partial charge in [0.2, 0.25) is 0 Å². The molecule has 2 aromatic carbocycles. The second kappa shape index (κ2) is 11.4. The van der Waals surface area contributed by atoms with Gasteiger partial charge in [-0.15, -0.1) is 0 Å². The Morgan fingerprint density at radius 2 is 1.34 bits per heavy atom. The van der Waals surface area contributed by atoms with E-state index in [1.807, 2.05) is 0 Å². The molecule has 2 heterocycles. The van der Waals surface area contributed by atoms with E-state index in [0.29, 0.717) is 26.2 Å². The smallest absolute Gasteiger partial charge is 0.318 e. The highest BCUT2D eigenvalue weighted by atomic mass is 16.5. The Bertz CT molecular complexity index is 983. The van der Waals surface area contributed by atoms with Gasteiger partial charge in [-0.2, -0.15) is 0 Å². The molecule has 35 heavy (non-hydrogen) atoms. The van der Waals surface area contributed by atoms with Gasteiger partial charge in [0.1, 0.15) is 6.04 Å². The van der Waals surface area contributed by atoms with Crippen molar-refractivity contribution in [3.8, 4) is 11.1 Å². The summed E-state index contributed by atoms with van der Waals surface area (Å²) in [7, 11) is 0. The van der Waals surface area contributed by atoms with E-state index >= 15 is 0 Å². The topological polar surface area (TPSA) is 126 Å². The largest absolute Gasteiger partial charge is 0.369 e. The normalized spacial score (nSPS) is 18.1. The van der Waals surface area contributed by atoms with Crippen LogP contribution in [0.4, 0.5) is 16.2 Å². The van der Waals surface area contributed by atoms with Crippen LogP contribution in [-0.2, 0) is 4.79 Å². The van der Waals surface area contributed by atoms with Gasteiger partial charge in [-0.1, -0.05) is 24.3 Å². The lowest BCUT2D eigenvalue weighted by Crippen LogP contribution is -2.59. The van der Waals surface area contributed by atoms with Crippen molar-refractivity contribution in [1.29, 1.82) is 0 Å². The van der Waals surface area contributed by atoms with Crippen LogP contribution in [0.2, 0.25) is 0 Å². The van der Waals surface area contributed by atoms with Gasteiger partial charge in [0.25, 0.3) is 5.91 Å². The molecule has 2 fully saturated rings. The van der Waals surface area contributed by atoms with Crippen LogP contribution >= 0.6 is 0 Å². The maximum atomic E-state index is 12.6. The first-order chi connectivity index (χ1) is 17.0. The highest BCUT2D eigenvalue weighted by molar-refractivity contribution is 5.87. The number of piperazine rings is 2. The first-order valence-corrected chi connectivity index (χ1v) is 12.1. The van der Waals surface area contributed by atoms with E-state index in [1.165, 1.54) is 16.8 Å². The number of urea groups is 1. The van der Waals surface area contributed by atoms with E-state index < -0.39 is 18.0 Å². The zero-order valence-corrected chi connectivity index (χ0v) is 20.1. The lowest BCUT2D eigenvalue weighted by atomic mass is 10.0. The van der Waals surface area contributed by atoms with Crippen LogP contribution in [0.15, 0.2) is 48.5 Å². The number of benzene rings is 2. The molecule has 10 heteroatoms. The molecule has 2 saturated heterocycles. The molecule has 2 atom stereocenters. The monoisotopic (exact) mass is 481 g/mol. The fourth-order valence-corrected chi connectivity index (χ4v) is 4.55. The molecule has 0 aliphatic carbocycles. The second-order valence-corrected chi connectivity index (χ2v) is 9.07. The number of nitrogens with zero attached hydrogens (tertiary/aromatic N) is 3. The van der Waals surface area contributed by atoms with Gasteiger partial charge < -0.3 is 31.1 Å². The number of nitrogens with one attached hydrogen (secondary N) is 3. The van der Waals surface area contributed by atoms with E-state index in [4.69, 9.17) is 10.9 Å². The van der Waals surface area contributed by atoms with Gasteiger partial charge in [0.15, 0.2) is 0 Å². The fourth-order valence-electron chi connectivity index (χ4n) is 4.55. The fraction of sp³-hybridized carbons (Fsp3) is 0.440. The van der Waals surface area contributed by atoms with E-state index in [-0.39, 0.29) is 6.03 Å². The number of hydrogen-bond donors (Lipinski definition) is 5. The highest BCUT2D eigenvalue weighted by Crippen LogP contribution is 2.26. The summed E-state index contributed by atoms with van der Waals surface area (Å²) in [6, 6.07) is 15.2. The minimum absolute atomic E-state index is 0.366. The Kier molecular flexibility index (Phi) is 8.06. The van der Waals surface area contributed by atoms with Crippen molar-refractivity contribution in [2.75, 3.05) is 62.2 Å². The molecule has 4 rings (SSSR count). The minimum Gasteiger partial charge on any atom is -0.369 e. The number of anilines is 2. The molecule has 188 valence electrons. The molecule has 0 radical (unpaired) electrons. The summed E-state index contributed by atoms with van der Waals surface area (Å²) in [6.07, 6.45) is 0. The van der Waals surface area contributed by atoms with Crippen LogP contribution in [0.3, 0.4) is 0 Å². The van der Waals surface area contributed by atoms with E-state index in [0.717, 1.165) is 31.9 Å². The molecule has 3 amide bonds.